The predicted molar refractivity (Wildman–Crippen MR) is 515 cm³/mol. The Balaban J connectivity index is 0.000000712. The van der Waals surface area contributed by atoms with Gasteiger partial charge < -0.3 is 37.2 Å². The van der Waals surface area contributed by atoms with Gasteiger partial charge in [0.2, 0.25) is 12.9 Å². The predicted octanol–water partition coefficient (Wildman–Crippen LogP) is 30.0. The quantitative estimate of drug-likeness (QED) is 0.0192. The van der Waals surface area contributed by atoms with E-state index in [1.807, 2.05) is 112 Å². The van der Waals surface area contributed by atoms with E-state index in [2.05, 4.69) is 276 Å². The molecule has 8 atom stereocenters. The molecule has 0 aromatic heterocycles. The lowest BCUT2D eigenvalue weighted by Gasteiger charge is -2.32. The first-order chi connectivity index (χ1) is 57.1. The number of hydrogen-bond acceptors (Lipinski definition) is 7. The zero-order valence-electron chi connectivity index (χ0n) is 81.2. The SMILES string of the molecule is CC(CC(C)(C)C(C)C)NCc1ccccc1.CC(CC(C)(C)C(F)(F)F)NCc1ccccc1.CC(CC(C)(C)C(F)F)NCc1ccccc1.CCC(C)(C)CC(C)NCc1ccccc1.CCCC(C)(C)CC(C)NCc1ccccc1.CCCC(C)(CC(C)NCc1ccccc1)C(F)F.CCCCC(C)(C)CC(C)NCc1ccccc1. The Bertz CT molecular complexity index is 3530. The highest BCUT2D eigenvalue weighted by molar-refractivity contribution is 5.19. The molecule has 0 spiro atoms. The Morgan fingerprint density at radius 2 is 0.484 bits per heavy atom. The van der Waals surface area contributed by atoms with E-state index in [9.17, 15) is 30.7 Å². The molecule has 0 aliphatic carbocycles. The average molecular weight is 1700 g/mol. The summed E-state index contributed by atoms with van der Waals surface area (Å²) in [4.78, 5) is 0. The van der Waals surface area contributed by atoms with Gasteiger partial charge in [-0.2, -0.15) is 13.2 Å². The number of unbranched alkanes of at least 4 members (excludes halogenated alkanes) is 1. The minimum absolute atomic E-state index is 0.0728. The van der Waals surface area contributed by atoms with E-state index >= 15 is 0 Å². The van der Waals surface area contributed by atoms with Crippen LogP contribution in [0.25, 0.3) is 0 Å². The number of benzene rings is 7. The molecular formula is C108H174F7N7. The van der Waals surface area contributed by atoms with Crippen molar-refractivity contribution >= 4 is 0 Å². The van der Waals surface area contributed by atoms with Crippen LogP contribution in [0, 0.1) is 43.8 Å². The van der Waals surface area contributed by atoms with Gasteiger partial charge in [-0.15, -0.1) is 0 Å². The molecular weight excluding hydrogens is 1530 g/mol. The monoisotopic (exact) mass is 1700 g/mol. The lowest BCUT2D eigenvalue weighted by atomic mass is 9.76. The number of rotatable bonds is 46. The van der Waals surface area contributed by atoms with Gasteiger partial charge in [0.1, 0.15) is 0 Å². The molecule has 7 nitrogen and oxygen atoms in total. The number of nitrogens with one attached hydrogen (secondary N) is 7. The first kappa shape index (κ1) is 114. The molecule has 690 valence electrons. The van der Waals surface area contributed by atoms with E-state index in [4.69, 9.17) is 0 Å². The van der Waals surface area contributed by atoms with Gasteiger partial charge in [0, 0.05) is 98.9 Å². The van der Waals surface area contributed by atoms with Crippen molar-refractivity contribution in [1.82, 2.24) is 37.2 Å². The van der Waals surface area contributed by atoms with Crippen LogP contribution in [-0.2, 0) is 45.8 Å². The second-order valence-electron chi connectivity index (χ2n) is 40.0. The van der Waals surface area contributed by atoms with Gasteiger partial charge in [-0.05, 0) is 179 Å². The Hall–Kier alpha value is -6.23. The third kappa shape index (κ3) is 54.6. The standard InChI is InChI=1S/C17H29N.C16H25F2N.2C16H27N.C15H25N.C14H20F3N.C14H21F2N/c1-5-6-12-17(3,4)13-15(2)18-14-16-10-8-7-9-11-16;1-4-10-16(3,15(17)18)11-13(2)19-12-14-8-6-5-7-9-14;1-13(2)16(4,5)11-14(3)17-12-15-9-7-6-8-10-15;1-5-11-16(3,4)12-14(2)17-13-15-9-7-6-8-10-15;1-5-15(3,4)11-13(2)16-12-14-9-7-6-8-10-14;1-11(9-13(2,3)14(15,16)17)18-10-12-7-5-4-6-8-12;1-11(9-14(2,3)13(15)16)17-10-12-7-5-4-6-8-12/h7-11,15,18H,5-6,12-14H2,1-4H3;5-9,13,15,19H,4,10-12H2,1-3H3;6-10,13-14,17H,11-12H2,1-5H3;6-10,14,17H,5,11-13H2,1-4H3;6-10,13,16H,5,11-12H2,1-4H3;4-8,11,18H,9-10H2,1-3H3;4-8,11,13,17H,9-10H2,1-3H3. The Kier molecular flexibility index (Phi) is 56.4. The summed E-state index contributed by atoms with van der Waals surface area (Å²) in [6.07, 6.45) is 6.48. The molecule has 0 aliphatic rings. The molecule has 0 aliphatic heterocycles. The van der Waals surface area contributed by atoms with Crippen LogP contribution in [0.15, 0.2) is 212 Å². The van der Waals surface area contributed by atoms with E-state index in [1.54, 1.807) is 27.7 Å². The minimum Gasteiger partial charge on any atom is -0.310 e. The fourth-order valence-electron chi connectivity index (χ4n) is 15.2. The zero-order valence-corrected chi connectivity index (χ0v) is 81.2. The van der Waals surface area contributed by atoms with E-state index < -0.39 is 35.3 Å². The Morgan fingerprint density at radius 1 is 0.254 bits per heavy atom. The van der Waals surface area contributed by atoms with Crippen molar-refractivity contribution < 1.29 is 30.7 Å². The van der Waals surface area contributed by atoms with Gasteiger partial charge in [-0.3, -0.25) is 0 Å². The van der Waals surface area contributed by atoms with Crippen LogP contribution in [0.5, 0.6) is 0 Å². The Labute approximate surface area is 742 Å². The summed E-state index contributed by atoms with van der Waals surface area (Å²) in [6.45, 7) is 60.5. The van der Waals surface area contributed by atoms with Crippen molar-refractivity contribution in [3.63, 3.8) is 0 Å². The molecule has 8 unspecified atom stereocenters. The summed E-state index contributed by atoms with van der Waals surface area (Å²) in [5, 5.41) is 24.2. The maximum absolute atomic E-state index is 13.2. The summed E-state index contributed by atoms with van der Waals surface area (Å²) in [5.41, 5.74) is 7.21. The fraction of sp³-hybridized carbons (Fsp3) is 0.611. The molecule has 0 fully saturated rings. The number of halogens is 7. The molecule has 7 rings (SSSR count). The van der Waals surface area contributed by atoms with Crippen molar-refractivity contribution in [1.29, 1.82) is 0 Å². The molecule has 0 heterocycles. The minimum atomic E-state index is -4.16. The first-order valence-corrected chi connectivity index (χ1v) is 46.2. The van der Waals surface area contributed by atoms with Crippen molar-refractivity contribution in [2.75, 3.05) is 0 Å². The van der Waals surface area contributed by atoms with E-state index in [0.29, 0.717) is 71.6 Å². The average Bonchev–Trinajstić information content (AvgIpc) is 0.840. The summed E-state index contributed by atoms with van der Waals surface area (Å²) < 4.78 is 89.9. The van der Waals surface area contributed by atoms with Crippen molar-refractivity contribution in [2.45, 2.75) is 383 Å². The normalized spacial score (nSPS) is 14.3. The molecule has 7 aromatic rings. The Morgan fingerprint density at radius 3 is 0.705 bits per heavy atom. The smallest absolute Gasteiger partial charge is 0.310 e. The topological polar surface area (TPSA) is 84.2 Å². The highest BCUT2D eigenvalue weighted by Gasteiger charge is 2.47. The summed E-state index contributed by atoms with van der Waals surface area (Å²) in [5.74, 6) is 0.725. The maximum Gasteiger partial charge on any atom is 0.394 e. The van der Waals surface area contributed by atoms with Crippen molar-refractivity contribution in [2.24, 2.45) is 43.8 Å². The molecule has 122 heavy (non-hydrogen) atoms. The van der Waals surface area contributed by atoms with Gasteiger partial charge in [-0.25, -0.2) is 17.6 Å². The van der Waals surface area contributed by atoms with E-state index in [1.165, 1.54) is 111 Å². The maximum atomic E-state index is 13.2. The van der Waals surface area contributed by atoms with Gasteiger partial charge in [-0.1, -0.05) is 376 Å². The van der Waals surface area contributed by atoms with Gasteiger partial charge in [0.05, 0.1) is 5.41 Å². The van der Waals surface area contributed by atoms with Crippen LogP contribution in [0.1, 0.15) is 315 Å². The fourth-order valence-corrected chi connectivity index (χ4v) is 15.2. The van der Waals surface area contributed by atoms with Crippen molar-refractivity contribution in [3.05, 3.63) is 251 Å². The summed E-state index contributed by atoms with van der Waals surface area (Å²) >= 11 is 0. The third-order valence-electron chi connectivity index (χ3n) is 23.7. The van der Waals surface area contributed by atoms with Crippen LogP contribution in [0.4, 0.5) is 30.7 Å². The number of alkyl halides is 7. The van der Waals surface area contributed by atoms with Crippen molar-refractivity contribution in [3.8, 4) is 0 Å². The van der Waals surface area contributed by atoms with Gasteiger partial charge in [0.25, 0.3) is 0 Å². The van der Waals surface area contributed by atoms with Gasteiger partial charge in [0.15, 0.2) is 0 Å². The lowest BCUT2D eigenvalue weighted by molar-refractivity contribution is -0.215. The van der Waals surface area contributed by atoms with E-state index in [-0.39, 0.29) is 24.5 Å². The lowest BCUT2D eigenvalue weighted by Crippen LogP contribution is -2.39. The van der Waals surface area contributed by atoms with Crippen LogP contribution in [0.3, 0.4) is 0 Å². The first-order valence-electron chi connectivity index (χ1n) is 46.2. The van der Waals surface area contributed by atoms with Crippen LogP contribution >= 0.6 is 0 Å². The molecule has 0 saturated heterocycles. The zero-order chi connectivity index (χ0) is 92.1. The van der Waals surface area contributed by atoms with E-state index in [0.717, 1.165) is 57.2 Å². The molecule has 7 N–H and O–H groups in total. The largest absolute Gasteiger partial charge is 0.394 e. The number of hydrogen-bond donors (Lipinski definition) is 7. The second kappa shape index (κ2) is 60.4. The second-order valence-corrected chi connectivity index (χ2v) is 40.0. The molecule has 7 aromatic carbocycles. The molecule has 0 saturated carbocycles. The molecule has 0 radical (unpaired) electrons. The van der Waals surface area contributed by atoms with Crippen LogP contribution in [-0.4, -0.2) is 61.3 Å². The van der Waals surface area contributed by atoms with Gasteiger partial charge >= 0.3 is 6.18 Å². The molecule has 0 bridgehead atoms. The molecule has 0 amide bonds. The highest BCUT2D eigenvalue weighted by Crippen LogP contribution is 2.42. The molecule has 14 heteroatoms. The summed E-state index contributed by atoms with van der Waals surface area (Å²) in [7, 11) is 0. The highest BCUT2D eigenvalue weighted by atomic mass is 19.4. The third-order valence-corrected chi connectivity index (χ3v) is 23.7. The van der Waals surface area contributed by atoms with Crippen LogP contribution < -0.4 is 37.2 Å². The van der Waals surface area contributed by atoms with Crippen LogP contribution in [0.2, 0.25) is 0 Å². The summed E-state index contributed by atoms with van der Waals surface area (Å²) in [6, 6.07) is 74.4.